The fraction of sp³-hybridized carbons (Fsp3) is 0.320. The quantitative estimate of drug-likeness (QED) is 0.357. The van der Waals surface area contributed by atoms with Crippen molar-refractivity contribution in [1.82, 2.24) is 24.3 Å². The first kappa shape index (κ1) is 21.3. The van der Waals surface area contributed by atoms with E-state index in [1.165, 1.54) is 24.7 Å². The highest BCUT2D eigenvalue weighted by Gasteiger charge is 2.44. The van der Waals surface area contributed by atoms with E-state index in [-0.39, 0.29) is 17.7 Å². The highest BCUT2D eigenvalue weighted by molar-refractivity contribution is 5.94. The molecular formula is C25H26N8O2. The topological polar surface area (TPSA) is 132 Å². The van der Waals surface area contributed by atoms with E-state index in [2.05, 4.69) is 53.3 Å². The van der Waals surface area contributed by atoms with E-state index in [9.17, 15) is 4.79 Å². The summed E-state index contributed by atoms with van der Waals surface area (Å²) in [5.74, 6) is 2.46. The number of pyridine rings is 2. The van der Waals surface area contributed by atoms with Crippen molar-refractivity contribution in [3.8, 4) is 5.88 Å². The zero-order valence-corrected chi connectivity index (χ0v) is 19.3. The molecule has 2 unspecified atom stereocenters. The lowest BCUT2D eigenvalue weighted by molar-refractivity contribution is -0.117. The molecule has 4 aromatic rings. The number of ether oxygens (including phenoxy) is 1. The van der Waals surface area contributed by atoms with Gasteiger partial charge in [0.25, 0.3) is 0 Å². The van der Waals surface area contributed by atoms with Crippen LogP contribution in [0.3, 0.4) is 0 Å². The first-order valence-electron chi connectivity index (χ1n) is 11.7. The molecule has 10 heteroatoms. The number of imidazole rings is 1. The number of fused-ring (bicyclic) bond motifs is 1. The molecule has 2 saturated carbocycles. The number of methoxy groups -OCH3 is 1. The zero-order valence-electron chi connectivity index (χ0n) is 19.3. The Bertz CT molecular complexity index is 1410. The number of carbonyl (C=O) groups excluding carboxylic acids is 1. The van der Waals surface area contributed by atoms with E-state index in [4.69, 9.17) is 10.5 Å². The second kappa shape index (κ2) is 8.53. The minimum absolute atomic E-state index is 0.0826. The number of rotatable bonds is 8. The van der Waals surface area contributed by atoms with Crippen molar-refractivity contribution < 1.29 is 9.53 Å². The molecular weight excluding hydrogens is 444 g/mol. The number of hydrogen-bond donors (Lipinski definition) is 3. The Morgan fingerprint density at radius 2 is 1.97 bits per heavy atom. The minimum Gasteiger partial charge on any atom is -0.481 e. The third-order valence-electron chi connectivity index (χ3n) is 6.55. The number of nitrogens with zero attached hydrogens (tertiary/aromatic N) is 5. The summed E-state index contributed by atoms with van der Waals surface area (Å²) in [4.78, 5) is 30.0. The van der Waals surface area contributed by atoms with Gasteiger partial charge in [0.15, 0.2) is 0 Å². The van der Waals surface area contributed by atoms with Gasteiger partial charge in [-0.15, -0.1) is 0 Å². The van der Waals surface area contributed by atoms with Crippen molar-refractivity contribution in [1.29, 1.82) is 0 Å². The van der Waals surface area contributed by atoms with E-state index in [0.29, 0.717) is 35.8 Å². The summed E-state index contributed by atoms with van der Waals surface area (Å²) in [5, 5.41) is 6.17. The van der Waals surface area contributed by atoms with Gasteiger partial charge in [-0.2, -0.15) is 4.98 Å². The maximum absolute atomic E-state index is 12.8. The molecule has 178 valence electrons. The van der Waals surface area contributed by atoms with Crippen LogP contribution in [0.1, 0.15) is 47.9 Å². The lowest BCUT2D eigenvalue weighted by Gasteiger charge is -2.08. The Morgan fingerprint density at radius 1 is 1.11 bits per heavy atom. The first-order valence-corrected chi connectivity index (χ1v) is 11.7. The molecule has 0 saturated heterocycles. The first-order chi connectivity index (χ1) is 17.1. The predicted molar refractivity (Wildman–Crippen MR) is 131 cm³/mol. The van der Waals surface area contributed by atoms with Crippen LogP contribution in [0.4, 0.5) is 17.5 Å². The summed E-state index contributed by atoms with van der Waals surface area (Å²) in [5.41, 5.74) is 10.0. The Kier molecular flexibility index (Phi) is 5.20. The SMILES string of the molecule is COc1cc(C2CC2C(=O)Nc2cc(NCc3cn4cc(C5CC5)ccc4n3)ncn2)cc(N)n1. The van der Waals surface area contributed by atoms with Gasteiger partial charge in [-0.3, -0.25) is 4.79 Å². The van der Waals surface area contributed by atoms with Gasteiger partial charge in [0, 0.05) is 30.4 Å². The molecule has 10 nitrogen and oxygen atoms in total. The molecule has 2 aliphatic rings. The molecule has 2 atom stereocenters. The maximum Gasteiger partial charge on any atom is 0.229 e. The van der Waals surface area contributed by atoms with E-state index in [1.807, 2.05) is 12.3 Å². The normalized spacial score (nSPS) is 18.9. The van der Waals surface area contributed by atoms with Crippen LogP contribution in [0, 0.1) is 5.92 Å². The monoisotopic (exact) mass is 470 g/mol. The minimum atomic E-state index is -0.147. The van der Waals surface area contributed by atoms with Gasteiger partial charge in [-0.05, 0) is 54.4 Å². The van der Waals surface area contributed by atoms with Crippen LogP contribution in [0.5, 0.6) is 5.88 Å². The van der Waals surface area contributed by atoms with Crippen molar-refractivity contribution in [2.75, 3.05) is 23.5 Å². The van der Waals surface area contributed by atoms with Crippen LogP contribution in [-0.4, -0.2) is 37.4 Å². The molecule has 0 aromatic carbocycles. The van der Waals surface area contributed by atoms with Gasteiger partial charge in [-0.25, -0.2) is 15.0 Å². The molecule has 4 heterocycles. The summed E-state index contributed by atoms with van der Waals surface area (Å²) in [7, 11) is 1.54. The van der Waals surface area contributed by atoms with Crippen molar-refractivity contribution in [3.63, 3.8) is 0 Å². The highest BCUT2D eigenvalue weighted by atomic mass is 16.5. The number of aromatic nitrogens is 5. The van der Waals surface area contributed by atoms with Crippen LogP contribution in [-0.2, 0) is 11.3 Å². The standard InChI is InChI=1S/C25H26N8O2/c1-35-24-7-16(6-20(26)31-24)18-8-19(18)25(34)32-22-9-21(28-13-29-22)27-10-17-12-33-11-15(14-2-3-14)4-5-23(33)30-17/h4-7,9,11-14,18-19H,2-3,8,10H2,1H3,(H2,26,31)(H2,27,28,29,32,34). The Labute approximate surface area is 202 Å². The Hall–Kier alpha value is -4.21. The number of nitrogens with two attached hydrogens (primary N) is 1. The Balaban J connectivity index is 1.07. The molecule has 0 spiro atoms. The van der Waals surface area contributed by atoms with Crippen LogP contribution < -0.4 is 21.1 Å². The van der Waals surface area contributed by atoms with Gasteiger partial charge in [0.05, 0.1) is 19.3 Å². The van der Waals surface area contributed by atoms with Crippen molar-refractivity contribution in [3.05, 3.63) is 65.9 Å². The van der Waals surface area contributed by atoms with E-state index in [0.717, 1.165) is 23.3 Å². The maximum atomic E-state index is 12.8. The zero-order chi connectivity index (χ0) is 23.9. The molecule has 4 aromatic heterocycles. The summed E-state index contributed by atoms with van der Waals surface area (Å²) in [6, 6.07) is 9.58. The highest BCUT2D eigenvalue weighted by Crippen LogP contribution is 2.48. The van der Waals surface area contributed by atoms with Gasteiger partial charge >= 0.3 is 0 Å². The molecule has 0 radical (unpaired) electrons. The van der Waals surface area contributed by atoms with E-state index < -0.39 is 0 Å². The van der Waals surface area contributed by atoms with Crippen molar-refractivity contribution in [2.24, 2.45) is 5.92 Å². The van der Waals surface area contributed by atoms with Crippen LogP contribution in [0.15, 0.2) is 49.1 Å². The fourth-order valence-corrected chi connectivity index (χ4v) is 4.45. The smallest absolute Gasteiger partial charge is 0.229 e. The predicted octanol–water partition coefficient (Wildman–Crippen LogP) is 3.34. The van der Waals surface area contributed by atoms with Gasteiger partial charge in [0.1, 0.15) is 29.4 Å². The van der Waals surface area contributed by atoms with Crippen LogP contribution in [0.25, 0.3) is 5.65 Å². The van der Waals surface area contributed by atoms with E-state index in [1.54, 1.807) is 19.2 Å². The number of amides is 1. The molecule has 4 N–H and O–H groups in total. The number of hydrogen-bond acceptors (Lipinski definition) is 8. The number of nitrogens with one attached hydrogen (secondary N) is 2. The summed E-state index contributed by atoms with van der Waals surface area (Å²) in [6.07, 6.45) is 8.92. The van der Waals surface area contributed by atoms with Crippen LogP contribution in [0.2, 0.25) is 0 Å². The second-order valence-corrected chi connectivity index (χ2v) is 9.18. The lowest BCUT2D eigenvalue weighted by atomic mass is 10.1. The molecule has 0 aliphatic heterocycles. The molecule has 0 bridgehead atoms. The Morgan fingerprint density at radius 3 is 2.80 bits per heavy atom. The average Bonchev–Trinajstić information content (AvgIpc) is 3.78. The molecule has 35 heavy (non-hydrogen) atoms. The summed E-state index contributed by atoms with van der Waals surface area (Å²) >= 11 is 0. The number of nitrogen functional groups attached to an aromatic ring is 1. The van der Waals surface area contributed by atoms with Crippen molar-refractivity contribution in [2.45, 2.75) is 37.6 Å². The number of carbonyl (C=O) groups is 1. The van der Waals surface area contributed by atoms with Gasteiger partial charge in [-0.1, -0.05) is 6.07 Å². The molecule has 2 aliphatic carbocycles. The van der Waals surface area contributed by atoms with Crippen LogP contribution >= 0.6 is 0 Å². The van der Waals surface area contributed by atoms with Crippen molar-refractivity contribution >= 4 is 29.0 Å². The van der Waals surface area contributed by atoms with Gasteiger partial charge < -0.3 is 25.5 Å². The largest absolute Gasteiger partial charge is 0.481 e. The summed E-state index contributed by atoms with van der Waals surface area (Å²) in [6.45, 7) is 0.515. The summed E-state index contributed by atoms with van der Waals surface area (Å²) < 4.78 is 7.26. The average molecular weight is 471 g/mol. The third-order valence-corrected chi connectivity index (χ3v) is 6.55. The number of anilines is 3. The van der Waals surface area contributed by atoms with E-state index >= 15 is 0 Å². The lowest BCUT2D eigenvalue weighted by Crippen LogP contribution is -2.16. The van der Waals surface area contributed by atoms with Gasteiger partial charge in [0.2, 0.25) is 11.8 Å². The molecule has 6 rings (SSSR count). The molecule has 2 fully saturated rings. The second-order valence-electron chi connectivity index (χ2n) is 9.18. The fourth-order valence-electron chi connectivity index (χ4n) is 4.45. The third kappa shape index (κ3) is 4.59. The molecule has 1 amide bonds.